The molecule has 0 fully saturated rings. The third-order valence-electron chi connectivity index (χ3n) is 3.11. The van der Waals surface area contributed by atoms with Gasteiger partial charge in [-0.3, -0.25) is 9.10 Å². The van der Waals surface area contributed by atoms with E-state index in [1.807, 2.05) is 6.92 Å². The average molecular weight is 363 g/mol. The second-order valence-corrected chi connectivity index (χ2v) is 7.44. The van der Waals surface area contributed by atoms with Gasteiger partial charge in [0.2, 0.25) is 15.9 Å². The number of nitrogens with zero attached hydrogens (tertiary/aromatic N) is 1. The molecule has 1 aromatic carbocycles. The zero-order valence-corrected chi connectivity index (χ0v) is 15.2. The van der Waals surface area contributed by atoms with Crippen molar-refractivity contribution in [2.24, 2.45) is 0 Å². The number of hydrogen-bond acceptors (Lipinski definition) is 4. The molecular formula is C15H23ClN2O4S. The number of rotatable bonds is 9. The second-order valence-electron chi connectivity index (χ2n) is 5.10. The molecule has 0 bridgehead atoms. The molecule has 1 aromatic rings. The van der Waals surface area contributed by atoms with Crippen LogP contribution in [0.1, 0.15) is 18.9 Å². The Hall–Kier alpha value is -1.31. The van der Waals surface area contributed by atoms with Crippen molar-refractivity contribution < 1.29 is 17.9 Å². The number of amides is 1. The summed E-state index contributed by atoms with van der Waals surface area (Å²) in [6.07, 6.45) is 1.75. The summed E-state index contributed by atoms with van der Waals surface area (Å²) < 4.78 is 30.3. The lowest BCUT2D eigenvalue weighted by molar-refractivity contribution is -0.119. The van der Waals surface area contributed by atoms with Crippen LogP contribution >= 0.6 is 11.6 Å². The highest BCUT2D eigenvalue weighted by Gasteiger charge is 2.22. The van der Waals surface area contributed by atoms with E-state index in [4.69, 9.17) is 16.3 Å². The van der Waals surface area contributed by atoms with Crippen LogP contribution in [0.2, 0.25) is 5.02 Å². The van der Waals surface area contributed by atoms with Crippen LogP contribution in [0.3, 0.4) is 0 Å². The third-order valence-corrected chi connectivity index (χ3v) is 4.47. The molecule has 1 rings (SSSR count). The third kappa shape index (κ3) is 6.76. The number of carbonyl (C=O) groups is 1. The van der Waals surface area contributed by atoms with Crippen molar-refractivity contribution in [3.63, 3.8) is 0 Å². The van der Waals surface area contributed by atoms with Crippen LogP contribution in [0.4, 0.5) is 5.69 Å². The number of benzene rings is 1. The Bertz CT molecular complexity index is 634. The molecule has 0 saturated carbocycles. The first-order valence-electron chi connectivity index (χ1n) is 7.34. The fourth-order valence-electron chi connectivity index (χ4n) is 2.01. The Morgan fingerprint density at radius 2 is 2.09 bits per heavy atom. The van der Waals surface area contributed by atoms with Gasteiger partial charge in [0.15, 0.2) is 0 Å². The van der Waals surface area contributed by atoms with Crippen molar-refractivity contribution >= 4 is 33.2 Å². The minimum atomic E-state index is -3.58. The van der Waals surface area contributed by atoms with Crippen LogP contribution in [0.25, 0.3) is 0 Å². The number of nitrogens with one attached hydrogen (secondary N) is 1. The number of halogens is 1. The first-order valence-corrected chi connectivity index (χ1v) is 9.56. The summed E-state index contributed by atoms with van der Waals surface area (Å²) in [5, 5.41) is 3.21. The Labute approximate surface area is 142 Å². The zero-order chi connectivity index (χ0) is 17.5. The molecule has 0 spiro atoms. The van der Waals surface area contributed by atoms with Gasteiger partial charge in [-0.2, -0.15) is 0 Å². The molecule has 130 valence electrons. The predicted molar refractivity (Wildman–Crippen MR) is 92.5 cm³/mol. The first-order chi connectivity index (χ1) is 10.8. The molecule has 23 heavy (non-hydrogen) atoms. The smallest absolute Gasteiger partial charge is 0.240 e. The minimum Gasteiger partial charge on any atom is -0.382 e. The van der Waals surface area contributed by atoms with Crippen molar-refractivity contribution in [3.05, 3.63) is 28.8 Å². The number of aryl methyl sites for hydroxylation is 1. The van der Waals surface area contributed by atoms with Gasteiger partial charge in [-0.1, -0.05) is 11.6 Å². The normalized spacial score (nSPS) is 11.3. The Morgan fingerprint density at radius 1 is 1.39 bits per heavy atom. The summed E-state index contributed by atoms with van der Waals surface area (Å²) >= 11 is 5.89. The van der Waals surface area contributed by atoms with Crippen LogP contribution in [0, 0.1) is 6.92 Å². The summed E-state index contributed by atoms with van der Waals surface area (Å²) in [5.74, 6) is -0.360. The van der Waals surface area contributed by atoms with Gasteiger partial charge in [-0.25, -0.2) is 8.42 Å². The van der Waals surface area contributed by atoms with Gasteiger partial charge >= 0.3 is 0 Å². The Balaban J connectivity index is 2.75. The molecule has 0 aliphatic carbocycles. The molecular weight excluding hydrogens is 340 g/mol. The molecule has 0 saturated heterocycles. The molecule has 1 amide bonds. The number of anilines is 1. The molecule has 0 heterocycles. The van der Waals surface area contributed by atoms with Crippen molar-refractivity contribution in [1.82, 2.24) is 5.32 Å². The standard InChI is InChI=1S/C15H23ClN2O4S/c1-4-22-9-5-8-17-15(19)11-18(23(3,20)21)14-7-6-13(16)10-12(14)2/h6-7,10H,4-5,8-9,11H2,1-3H3,(H,17,19). The largest absolute Gasteiger partial charge is 0.382 e. The van der Waals surface area contributed by atoms with E-state index in [-0.39, 0.29) is 12.5 Å². The van der Waals surface area contributed by atoms with Crippen molar-refractivity contribution in [3.8, 4) is 0 Å². The quantitative estimate of drug-likeness (QED) is 0.681. The fourth-order valence-corrected chi connectivity index (χ4v) is 3.15. The lowest BCUT2D eigenvalue weighted by Crippen LogP contribution is -2.41. The second kappa shape index (κ2) is 9.10. The van der Waals surface area contributed by atoms with Gasteiger partial charge in [-0.05, 0) is 44.0 Å². The Morgan fingerprint density at radius 3 is 2.65 bits per heavy atom. The Kier molecular flexibility index (Phi) is 7.81. The summed E-state index contributed by atoms with van der Waals surface area (Å²) in [4.78, 5) is 12.0. The van der Waals surface area contributed by atoms with Gasteiger partial charge in [0.25, 0.3) is 0 Å². The summed E-state index contributed by atoms with van der Waals surface area (Å²) in [6.45, 7) is 5.01. The van der Waals surface area contributed by atoms with E-state index in [0.29, 0.717) is 42.5 Å². The maximum absolute atomic E-state index is 12.0. The van der Waals surface area contributed by atoms with Crippen molar-refractivity contribution in [1.29, 1.82) is 0 Å². The first kappa shape index (κ1) is 19.7. The summed E-state index contributed by atoms with van der Waals surface area (Å²) in [6, 6.07) is 4.86. The highest BCUT2D eigenvalue weighted by atomic mass is 35.5. The van der Waals surface area contributed by atoms with Crippen LogP contribution in [-0.2, 0) is 19.6 Å². The van der Waals surface area contributed by atoms with E-state index in [2.05, 4.69) is 5.32 Å². The lowest BCUT2D eigenvalue weighted by atomic mass is 10.2. The van der Waals surface area contributed by atoms with E-state index < -0.39 is 10.0 Å². The molecule has 0 aromatic heterocycles. The van der Waals surface area contributed by atoms with E-state index in [9.17, 15) is 13.2 Å². The lowest BCUT2D eigenvalue weighted by Gasteiger charge is -2.23. The maximum Gasteiger partial charge on any atom is 0.240 e. The highest BCUT2D eigenvalue weighted by molar-refractivity contribution is 7.92. The molecule has 0 unspecified atom stereocenters. The van der Waals surface area contributed by atoms with E-state index >= 15 is 0 Å². The average Bonchev–Trinajstić information content (AvgIpc) is 2.44. The molecule has 0 atom stereocenters. The molecule has 0 radical (unpaired) electrons. The SMILES string of the molecule is CCOCCCNC(=O)CN(c1ccc(Cl)cc1C)S(C)(=O)=O. The van der Waals surface area contributed by atoms with E-state index in [1.54, 1.807) is 25.1 Å². The van der Waals surface area contributed by atoms with Crippen molar-refractivity contribution in [2.75, 3.05) is 36.9 Å². The molecule has 8 heteroatoms. The van der Waals surface area contributed by atoms with Crippen LogP contribution in [0.5, 0.6) is 0 Å². The molecule has 1 N–H and O–H groups in total. The predicted octanol–water partition coefficient (Wildman–Crippen LogP) is 1.96. The minimum absolute atomic E-state index is 0.268. The van der Waals surface area contributed by atoms with Gasteiger partial charge < -0.3 is 10.1 Å². The van der Waals surface area contributed by atoms with Crippen molar-refractivity contribution in [2.45, 2.75) is 20.3 Å². The molecule has 0 aliphatic rings. The monoisotopic (exact) mass is 362 g/mol. The summed E-state index contributed by atoms with van der Waals surface area (Å²) in [7, 11) is -3.58. The van der Waals surface area contributed by atoms with Crippen LogP contribution < -0.4 is 9.62 Å². The number of carbonyl (C=O) groups excluding carboxylic acids is 1. The highest BCUT2D eigenvalue weighted by Crippen LogP contribution is 2.25. The van der Waals surface area contributed by atoms with Gasteiger partial charge in [-0.15, -0.1) is 0 Å². The molecule has 6 nitrogen and oxygen atoms in total. The van der Waals surface area contributed by atoms with Crippen LogP contribution in [0.15, 0.2) is 18.2 Å². The number of hydrogen-bond donors (Lipinski definition) is 1. The van der Waals surface area contributed by atoms with E-state index in [1.165, 1.54) is 0 Å². The van der Waals surface area contributed by atoms with Gasteiger partial charge in [0.1, 0.15) is 6.54 Å². The fraction of sp³-hybridized carbons (Fsp3) is 0.533. The zero-order valence-electron chi connectivity index (χ0n) is 13.6. The molecule has 0 aliphatic heterocycles. The van der Waals surface area contributed by atoms with Crippen LogP contribution in [-0.4, -0.2) is 46.9 Å². The van der Waals surface area contributed by atoms with Gasteiger partial charge in [0, 0.05) is 24.8 Å². The van der Waals surface area contributed by atoms with Gasteiger partial charge in [0.05, 0.1) is 11.9 Å². The van der Waals surface area contributed by atoms with E-state index in [0.717, 1.165) is 10.6 Å². The topological polar surface area (TPSA) is 75.7 Å². The number of sulfonamides is 1. The maximum atomic E-state index is 12.0. The summed E-state index contributed by atoms with van der Waals surface area (Å²) in [5.41, 5.74) is 1.13. The number of ether oxygens (including phenoxy) is 1.